The molecule has 76 valence electrons. The van der Waals surface area contributed by atoms with E-state index in [1.807, 2.05) is 18.3 Å². The normalized spacial score (nSPS) is 13.7. The molecule has 0 fully saturated rings. The Bertz CT molecular complexity index is 504. The lowest BCUT2D eigenvalue weighted by Crippen LogP contribution is -2.02. The quantitative estimate of drug-likeness (QED) is 0.715. The maximum absolute atomic E-state index is 6.15. The summed E-state index contributed by atoms with van der Waals surface area (Å²) in [5, 5.41) is 11.2. The van der Waals surface area contributed by atoms with Crippen molar-refractivity contribution in [3.8, 4) is 11.3 Å². The van der Waals surface area contributed by atoms with Crippen molar-refractivity contribution >= 4 is 17.3 Å². The Morgan fingerprint density at radius 3 is 3.20 bits per heavy atom. The third-order valence-electron chi connectivity index (χ3n) is 2.70. The maximum Gasteiger partial charge on any atom is 0.0704 e. The van der Waals surface area contributed by atoms with Crippen LogP contribution in [-0.2, 0) is 6.42 Å². The van der Waals surface area contributed by atoms with Crippen molar-refractivity contribution in [2.24, 2.45) is 0 Å². The van der Waals surface area contributed by atoms with Crippen molar-refractivity contribution in [3.05, 3.63) is 35.0 Å². The molecule has 0 atom stereocenters. The van der Waals surface area contributed by atoms with Crippen LogP contribution in [0.1, 0.15) is 5.56 Å². The highest BCUT2D eigenvalue weighted by molar-refractivity contribution is 6.34. The van der Waals surface area contributed by atoms with Gasteiger partial charge in [-0.25, -0.2) is 0 Å². The van der Waals surface area contributed by atoms with Crippen LogP contribution in [0.3, 0.4) is 0 Å². The molecule has 2 N–H and O–H groups in total. The minimum Gasteiger partial charge on any atom is -0.383 e. The molecule has 0 amide bonds. The molecule has 1 aromatic carbocycles. The van der Waals surface area contributed by atoms with Crippen LogP contribution < -0.4 is 5.32 Å². The van der Waals surface area contributed by atoms with Crippen LogP contribution in [0.5, 0.6) is 0 Å². The number of halogens is 1. The Labute approximate surface area is 92.5 Å². The van der Waals surface area contributed by atoms with Gasteiger partial charge in [0.05, 0.1) is 22.6 Å². The molecule has 1 aliphatic rings. The molecule has 2 aromatic rings. The average molecular weight is 220 g/mol. The van der Waals surface area contributed by atoms with E-state index in [0.29, 0.717) is 0 Å². The number of rotatable bonds is 0. The Hall–Kier alpha value is -1.48. The van der Waals surface area contributed by atoms with E-state index < -0.39 is 0 Å². The van der Waals surface area contributed by atoms with Gasteiger partial charge in [-0.15, -0.1) is 0 Å². The summed E-state index contributed by atoms with van der Waals surface area (Å²) in [6, 6.07) is 5.91. The number of aromatic nitrogens is 2. The first kappa shape index (κ1) is 8.80. The third-order valence-corrected chi connectivity index (χ3v) is 3.01. The standard InChI is InChI=1S/C11H10ClN3/c12-9-3-1-2-8-10-7(6-14-15-10)4-5-13-11(8)9/h1-3,6,13H,4-5H2,(H,14,15). The van der Waals surface area contributed by atoms with Crippen molar-refractivity contribution < 1.29 is 0 Å². The third kappa shape index (κ3) is 1.31. The van der Waals surface area contributed by atoms with Crippen LogP contribution >= 0.6 is 11.6 Å². The molecule has 0 bridgehead atoms. The van der Waals surface area contributed by atoms with Gasteiger partial charge in [0.2, 0.25) is 0 Å². The Kier molecular flexibility index (Phi) is 1.92. The van der Waals surface area contributed by atoms with Gasteiger partial charge in [-0.3, -0.25) is 5.10 Å². The van der Waals surface area contributed by atoms with Crippen molar-refractivity contribution in [2.75, 3.05) is 11.9 Å². The van der Waals surface area contributed by atoms with Gasteiger partial charge in [0.15, 0.2) is 0 Å². The van der Waals surface area contributed by atoms with Gasteiger partial charge in [0.1, 0.15) is 0 Å². The Balaban J connectivity index is 2.29. The van der Waals surface area contributed by atoms with Gasteiger partial charge < -0.3 is 5.32 Å². The van der Waals surface area contributed by atoms with Gasteiger partial charge in [-0.2, -0.15) is 5.10 Å². The number of hydrogen-bond donors (Lipinski definition) is 2. The van der Waals surface area contributed by atoms with Crippen LogP contribution in [-0.4, -0.2) is 16.7 Å². The van der Waals surface area contributed by atoms with Gasteiger partial charge in [-0.05, 0) is 18.1 Å². The molecule has 1 aliphatic heterocycles. The zero-order chi connectivity index (χ0) is 10.3. The van der Waals surface area contributed by atoms with E-state index >= 15 is 0 Å². The van der Waals surface area contributed by atoms with Crippen LogP contribution in [0.4, 0.5) is 5.69 Å². The highest BCUT2D eigenvalue weighted by atomic mass is 35.5. The highest BCUT2D eigenvalue weighted by Gasteiger charge is 2.16. The lowest BCUT2D eigenvalue weighted by Gasteiger charge is -2.08. The number of H-pyrrole nitrogens is 1. The van der Waals surface area contributed by atoms with E-state index in [2.05, 4.69) is 21.6 Å². The number of anilines is 1. The molecule has 0 spiro atoms. The summed E-state index contributed by atoms with van der Waals surface area (Å²) in [6.07, 6.45) is 2.85. The molecule has 1 aromatic heterocycles. The lowest BCUT2D eigenvalue weighted by atomic mass is 10.1. The van der Waals surface area contributed by atoms with E-state index in [0.717, 1.165) is 34.9 Å². The van der Waals surface area contributed by atoms with E-state index in [9.17, 15) is 0 Å². The predicted molar refractivity (Wildman–Crippen MR) is 61.2 cm³/mol. The summed E-state index contributed by atoms with van der Waals surface area (Å²) >= 11 is 6.15. The number of nitrogens with zero attached hydrogens (tertiary/aromatic N) is 1. The second kappa shape index (κ2) is 3.28. The van der Waals surface area contributed by atoms with Gasteiger partial charge in [0.25, 0.3) is 0 Å². The fourth-order valence-electron chi connectivity index (χ4n) is 1.97. The monoisotopic (exact) mass is 219 g/mol. The van der Waals surface area contributed by atoms with Crippen LogP contribution in [0.25, 0.3) is 11.3 Å². The van der Waals surface area contributed by atoms with Crippen LogP contribution in [0.2, 0.25) is 5.02 Å². The molecular formula is C11H10ClN3. The fraction of sp³-hybridized carbons (Fsp3) is 0.182. The number of hydrogen-bond acceptors (Lipinski definition) is 2. The minimum atomic E-state index is 0.759. The fourth-order valence-corrected chi connectivity index (χ4v) is 2.21. The molecular weight excluding hydrogens is 210 g/mol. The number of para-hydroxylation sites is 1. The Morgan fingerprint density at radius 1 is 1.33 bits per heavy atom. The van der Waals surface area contributed by atoms with E-state index in [4.69, 9.17) is 11.6 Å². The van der Waals surface area contributed by atoms with Gasteiger partial charge in [0, 0.05) is 12.1 Å². The number of benzene rings is 1. The second-order valence-electron chi connectivity index (χ2n) is 3.61. The predicted octanol–water partition coefficient (Wildman–Crippen LogP) is 2.70. The van der Waals surface area contributed by atoms with Crippen molar-refractivity contribution in [1.29, 1.82) is 0 Å². The van der Waals surface area contributed by atoms with E-state index in [-0.39, 0.29) is 0 Å². The molecule has 15 heavy (non-hydrogen) atoms. The summed E-state index contributed by atoms with van der Waals surface area (Å²) < 4.78 is 0. The average Bonchev–Trinajstić information content (AvgIpc) is 2.62. The first-order valence-corrected chi connectivity index (χ1v) is 5.29. The zero-order valence-corrected chi connectivity index (χ0v) is 8.80. The minimum absolute atomic E-state index is 0.759. The van der Waals surface area contributed by atoms with Crippen LogP contribution in [0.15, 0.2) is 24.4 Å². The SMILES string of the molecule is Clc1cccc2c1NCCc1cn[nH]c1-2. The van der Waals surface area contributed by atoms with Gasteiger partial charge >= 0.3 is 0 Å². The molecule has 0 saturated heterocycles. The first-order valence-electron chi connectivity index (χ1n) is 4.91. The molecule has 3 nitrogen and oxygen atoms in total. The van der Waals surface area contributed by atoms with Crippen LogP contribution in [0, 0.1) is 0 Å². The molecule has 2 heterocycles. The number of fused-ring (bicyclic) bond motifs is 3. The summed E-state index contributed by atoms with van der Waals surface area (Å²) in [4.78, 5) is 0. The largest absolute Gasteiger partial charge is 0.383 e. The molecule has 0 unspecified atom stereocenters. The lowest BCUT2D eigenvalue weighted by molar-refractivity contribution is 1.03. The van der Waals surface area contributed by atoms with Crippen molar-refractivity contribution in [1.82, 2.24) is 10.2 Å². The molecule has 0 saturated carbocycles. The summed E-state index contributed by atoms with van der Waals surface area (Å²) in [6.45, 7) is 0.892. The molecule has 0 aliphatic carbocycles. The van der Waals surface area contributed by atoms with E-state index in [1.54, 1.807) is 0 Å². The second-order valence-corrected chi connectivity index (χ2v) is 4.02. The topological polar surface area (TPSA) is 40.7 Å². The Morgan fingerprint density at radius 2 is 2.27 bits per heavy atom. The maximum atomic E-state index is 6.15. The van der Waals surface area contributed by atoms with Crippen molar-refractivity contribution in [2.45, 2.75) is 6.42 Å². The first-order chi connectivity index (χ1) is 7.36. The zero-order valence-electron chi connectivity index (χ0n) is 8.05. The summed E-state index contributed by atoms with van der Waals surface area (Å²) in [7, 11) is 0. The molecule has 4 heteroatoms. The number of aromatic amines is 1. The summed E-state index contributed by atoms with van der Waals surface area (Å²) in [5.74, 6) is 0. The summed E-state index contributed by atoms with van der Waals surface area (Å²) in [5.41, 5.74) is 4.43. The molecule has 3 rings (SSSR count). The number of nitrogens with one attached hydrogen (secondary N) is 2. The molecule has 0 radical (unpaired) electrons. The van der Waals surface area contributed by atoms with Crippen molar-refractivity contribution in [3.63, 3.8) is 0 Å². The van der Waals surface area contributed by atoms with Gasteiger partial charge in [-0.1, -0.05) is 23.7 Å². The highest BCUT2D eigenvalue weighted by Crippen LogP contribution is 2.36. The smallest absolute Gasteiger partial charge is 0.0704 e. The van der Waals surface area contributed by atoms with E-state index in [1.165, 1.54) is 5.56 Å².